The molecule has 0 bridgehead atoms. The van der Waals surface area contributed by atoms with Crippen molar-refractivity contribution < 1.29 is 14.3 Å². The second-order valence-electron chi connectivity index (χ2n) is 6.24. The molecule has 1 aliphatic carbocycles. The summed E-state index contributed by atoms with van der Waals surface area (Å²) in [5.41, 5.74) is -0.484. The summed E-state index contributed by atoms with van der Waals surface area (Å²) >= 11 is 0. The first kappa shape index (κ1) is 18.4. The molecule has 0 spiro atoms. The highest BCUT2D eigenvalue weighted by molar-refractivity contribution is 5.81. The Bertz CT molecular complexity index is 308. The maximum absolute atomic E-state index is 12.3. The van der Waals surface area contributed by atoms with E-state index < -0.39 is 5.54 Å². The van der Waals surface area contributed by atoms with E-state index in [1.54, 1.807) is 0 Å². The molecule has 0 aliphatic heterocycles. The molecule has 1 N–H and O–H groups in total. The van der Waals surface area contributed by atoms with Crippen LogP contribution in [0.2, 0.25) is 0 Å². The van der Waals surface area contributed by atoms with Crippen molar-refractivity contribution in [1.82, 2.24) is 5.32 Å². The average Bonchev–Trinajstić information content (AvgIpc) is 2.88. The Hall–Kier alpha value is -0.610. The first-order valence-electron chi connectivity index (χ1n) is 8.55. The van der Waals surface area contributed by atoms with Crippen molar-refractivity contribution in [3.8, 4) is 0 Å². The number of esters is 1. The van der Waals surface area contributed by atoms with Gasteiger partial charge in [-0.15, -0.1) is 0 Å². The Morgan fingerprint density at radius 3 is 2.76 bits per heavy atom. The summed E-state index contributed by atoms with van der Waals surface area (Å²) < 4.78 is 11.0. The number of hydrogen-bond donors (Lipinski definition) is 1. The predicted molar refractivity (Wildman–Crippen MR) is 85.3 cm³/mol. The van der Waals surface area contributed by atoms with Crippen LogP contribution in [0.3, 0.4) is 0 Å². The second-order valence-corrected chi connectivity index (χ2v) is 6.24. The Balaban J connectivity index is 2.58. The van der Waals surface area contributed by atoms with E-state index in [0.29, 0.717) is 12.0 Å². The summed E-state index contributed by atoms with van der Waals surface area (Å²) in [6.45, 7) is 8.02. The summed E-state index contributed by atoms with van der Waals surface area (Å²) in [6.07, 6.45) is 7.56. The van der Waals surface area contributed by atoms with Crippen LogP contribution in [0.1, 0.15) is 65.7 Å². The van der Waals surface area contributed by atoms with Crippen LogP contribution in [-0.4, -0.2) is 37.9 Å². The van der Waals surface area contributed by atoms with Gasteiger partial charge in [0, 0.05) is 6.61 Å². The van der Waals surface area contributed by atoms with Crippen LogP contribution < -0.4 is 5.32 Å². The molecule has 0 aromatic heterocycles. The van der Waals surface area contributed by atoms with Crippen molar-refractivity contribution in [3.05, 3.63) is 0 Å². The van der Waals surface area contributed by atoms with Crippen LogP contribution in [-0.2, 0) is 14.3 Å². The SMILES string of the molecule is CCCNC1(C(=O)OC)CCCC1CCOC(C)CCC. The number of rotatable bonds is 10. The highest BCUT2D eigenvalue weighted by Crippen LogP contribution is 2.39. The highest BCUT2D eigenvalue weighted by atomic mass is 16.5. The van der Waals surface area contributed by atoms with Gasteiger partial charge >= 0.3 is 5.97 Å². The minimum absolute atomic E-state index is 0.0972. The average molecular weight is 299 g/mol. The molecule has 1 fully saturated rings. The third kappa shape index (κ3) is 4.96. The molecule has 0 aromatic carbocycles. The van der Waals surface area contributed by atoms with E-state index in [-0.39, 0.29) is 5.97 Å². The number of ether oxygens (including phenoxy) is 2. The first-order chi connectivity index (χ1) is 10.1. The standard InChI is InChI=1S/C17H33NO3/c1-5-8-14(3)21-13-10-15-9-7-11-17(15,16(19)20-4)18-12-6-2/h14-15,18H,5-13H2,1-4H3. The Morgan fingerprint density at radius 2 is 2.14 bits per heavy atom. The van der Waals surface area contributed by atoms with Crippen molar-refractivity contribution in [2.45, 2.75) is 77.4 Å². The molecule has 3 unspecified atom stereocenters. The number of carbonyl (C=O) groups is 1. The molecular weight excluding hydrogens is 266 g/mol. The lowest BCUT2D eigenvalue weighted by molar-refractivity contribution is -0.150. The van der Waals surface area contributed by atoms with Gasteiger partial charge in [0.25, 0.3) is 0 Å². The van der Waals surface area contributed by atoms with Crippen LogP contribution in [0.25, 0.3) is 0 Å². The normalized spacial score (nSPS) is 26.8. The number of carbonyl (C=O) groups excluding carboxylic acids is 1. The third-order valence-electron chi connectivity index (χ3n) is 4.62. The Kier molecular flexibility index (Phi) is 8.27. The van der Waals surface area contributed by atoms with Crippen LogP contribution in [0.4, 0.5) is 0 Å². The zero-order valence-electron chi connectivity index (χ0n) is 14.2. The van der Waals surface area contributed by atoms with Crippen molar-refractivity contribution >= 4 is 5.97 Å². The van der Waals surface area contributed by atoms with Gasteiger partial charge in [-0.25, -0.2) is 0 Å². The van der Waals surface area contributed by atoms with Gasteiger partial charge in [-0.2, -0.15) is 0 Å². The fourth-order valence-electron chi connectivity index (χ4n) is 3.47. The van der Waals surface area contributed by atoms with Crippen molar-refractivity contribution in [2.75, 3.05) is 20.3 Å². The zero-order valence-corrected chi connectivity index (χ0v) is 14.2. The molecule has 1 aliphatic rings. The number of hydrogen-bond acceptors (Lipinski definition) is 4. The van der Waals surface area contributed by atoms with E-state index in [9.17, 15) is 4.79 Å². The summed E-state index contributed by atoms with van der Waals surface area (Å²) in [4.78, 5) is 12.3. The Labute approximate surface area is 130 Å². The largest absolute Gasteiger partial charge is 0.468 e. The molecule has 4 nitrogen and oxygen atoms in total. The maximum Gasteiger partial charge on any atom is 0.326 e. The minimum atomic E-state index is -0.484. The van der Waals surface area contributed by atoms with E-state index in [0.717, 1.165) is 58.1 Å². The van der Waals surface area contributed by atoms with Crippen molar-refractivity contribution in [3.63, 3.8) is 0 Å². The van der Waals surface area contributed by atoms with Gasteiger partial charge in [-0.3, -0.25) is 4.79 Å². The highest BCUT2D eigenvalue weighted by Gasteiger charge is 2.49. The van der Waals surface area contributed by atoms with E-state index in [4.69, 9.17) is 9.47 Å². The molecule has 0 aromatic rings. The third-order valence-corrected chi connectivity index (χ3v) is 4.62. The quantitative estimate of drug-likeness (QED) is 0.629. The molecule has 0 saturated heterocycles. The summed E-state index contributed by atoms with van der Waals surface area (Å²) in [6, 6.07) is 0. The summed E-state index contributed by atoms with van der Waals surface area (Å²) in [5.74, 6) is 0.227. The fourth-order valence-corrected chi connectivity index (χ4v) is 3.47. The summed E-state index contributed by atoms with van der Waals surface area (Å²) in [7, 11) is 1.49. The Morgan fingerprint density at radius 1 is 1.38 bits per heavy atom. The van der Waals surface area contributed by atoms with E-state index >= 15 is 0 Å². The van der Waals surface area contributed by atoms with Gasteiger partial charge in [-0.05, 0) is 51.5 Å². The molecule has 1 rings (SSSR count). The van der Waals surface area contributed by atoms with E-state index in [2.05, 4.69) is 26.1 Å². The van der Waals surface area contributed by atoms with E-state index in [1.165, 1.54) is 7.11 Å². The lowest BCUT2D eigenvalue weighted by atomic mass is 9.84. The number of nitrogens with one attached hydrogen (secondary N) is 1. The lowest BCUT2D eigenvalue weighted by Crippen LogP contribution is -2.55. The van der Waals surface area contributed by atoms with Gasteiger partial charge in [0.05, 0.1) is 13.2 Å². The molecule has 21 heavy (non-hydrogen) atoms. The molecule has 0 amide bonds. The summed E-state index contributed by atoms with van der Waals surface area (Å²) in [5, 5.41) is 3.48. The monoisotopic (exact) mass is 299 g/mol. The van der Waals surface area contributed by atoms with Crippen LogP contribution in [0.15, 0.2) is 0 Å². The predicted octanol–water partition coefficient (Wildman–Crippen LogP) is 3.29. The van der Waals surface area contributed by atoms with Crippen LogP contribution in [0, 0.1) is 5.92 Å². The molecule has 1 saturated carbocycles. The van der Waals surface area contributed by atoms with Gasteiger partial charge in [0.15, 0.2) is 0 Å². The molecule has 0 heterocycles. The smallest absolute Gasteiger partial charge is 0.326 e. The fraction of sp³-hybridized carbons (Fsp3) is 0.941. The van der Waals surface area contributed by atoms with Crippen molar-refractivity contribution in [2.24, 2.45) is 5.92 Å². The molecule has 0 radical (unpaired) electrons. The van der Waals surface area contributed by atoms with Crippen molar-refractivity contribution in [1.29, 1.82) is 0 Å². The van der Waals surface area contributed by atoms with Crippen LogP contribution in [0.5, 0.6) is 0 Å². The second kappa shape index (κ2) is 9.42. The molecule has 4 heteroatoms. The zero-order chi connectivity index (χ0) is 15.7. The van der Waals surface area contributed by atoms with E-state index in [1.807, 2.05) is 0 Å². The first-order valence-corrected chi connectivity index (χ1v) is 8.55. The molecule has 124 valence electrons. The maximum atomic E-state index is 12.3. The van der Waals surface area contributed by atoms with Gasteiger partial charge in [0.1, 0.15) is 5.54 Å². The molecule has 3 atom stereocenters. The topological polar surface area (TPSA) is 47.6 Å². The van der Waals surface area contributed by atoms with Gasteiger partial charge in [0.2, 0.25) is 0 Å². The van der Waals surface area contributed by atoms with Gasteiger partial charge < -0.3 is 14.8 Å². The lowest BCUT2D eigenvalue weighted by Gasteiger charge is -2.34. The van der Waals surface area contributed by atoms with Crippen LogP contribution >= 0.6 is 0 Å². The number of methoxy groups -OCH3 is 1. The van der Waals surface area contributed by atoms with Gasteiger partial charge in [-0.1, -0.05) is 26.7 Å². The minimum Gasteiger partial charge on any atom is -0.468 e. The molecular formula is C17H33NO3.